The van der Waals surface area contributed by atoms with Crippen molar-refractivity contribution in [2.45, 2.75) is 51.5 Å². The third kappa shape index (κ3) is 4.29. The average molecular weight is 478 g/mol. The van der Waals surface area contributed by atoms with Crippen LogP contribution in [0.2, 0.25) is 0 Å². The highest BCUT2D eigenvalue weighted by atomic mass is 19.1. The summed E-state index contributed by atoms with van der Waals surface area (Å²) < 4.78 is 19.8. The SMILES string of the molecule is CCC1=CC(O)=C(F)CC1c1ccc2c(-c3nc4c([nH]3)CN(CC3CCCOC3)CC4)n[nH]c2c1. The van der Waals surface area contributed by atoms with Gasteiger partial charge in [0.15, 0.2) is 5.82 Å². The molecule has 0 saturated carbocycles. The van der Waals surface area contributed by atoms with Crippen LogP contribution in [-0.2, 0) is 17.7 Å². The van der Waals surface area contributed by atoms with Crippen LogP contribution in [0.25, 0.3) is 22.4 Å². The lowest BCUT2D eigenvalue weighted by Gasteiger charge is -2.31. The molecule has 2 aromatic heterocycles. The van der Waals surface area contributed by atoms with Gasteiger partial charge in [-0.1, -0.05) is 24.6 Å². The first-order chi connectivity index (χ1) is 17.1. The second-order valence-corrected chi connectivity index (χ2v) is 10.1. The van der Waals surface area contributed by atoms with Crippen LogP contribution in [-0.4, -0.2) is 56.5 Å². The summed E-state index contributed by atoms with van der Waals surface area (Å²) in [4.78, 5) is 10.9. The van der Waals surface area contributed by atoms with Crippen molar-refractivity contribution in [2.75, 3.05) is 26.3 Å². The van der Waals surface area contributed by atoms with Crippen LogP contribution in [0.1, 0.15) is 55.5 Å². The van der Waals surface area contributed by atoms with Crippen LogP contribution >= 0.6 is 0 Å². The molecule has 8 heteroatoms. The first-order valence-corrected chi connectivity index (χ1v) is 12.7. The Hall–Kier alpha value is -2.97. The molecule has 6 rings (SSSR count). The molecule has 3 aromatic rings. The average Bonchev–Trinajstić information content (AvgIpc) is 3.49. The van der Waals surface area contributed by atoms with Gasteiger partial charge in [-0.3, -0.25) is 10.00 Å². The number of rotatable bonds is 5. The van der Waals surface area contributed by atoms with E-state index in [1.807, 2.05) is 25.1 Å². The van der Waals surface area contributed by atoms with Gasteiger partial charge in [-0.15, -0.1) is 0 Å². The van der Waals surface area contributed by atoms with E-state index in [-0.39, 0.29) is 18.1 Å². The fourth-order valence-electron chi connectivity index (χ4n) is 5.82. The van der Waals surface area contributed by atoms with Crippen molar-refractivity contribution in [1.29, 1.82) is 0 Å². The number of hydrogen-bond donors (Lipinski definition) is 3. The molecule has 2 aliphatic heterocycles. The molecule has 3 aliphatic rings. The van der Waals surface area contributed by atoms with Gasteiger partial charge in [0, 0.05) is 50.4 Å². The summed E-state index contributed by atoms with van der Waals surface area (Å²) >= 11 is 0. The number of hydrogen-bond acceptors (Lipinski definition) is 5. The van der Waals surface area contributed by atoms with Gasteiger partial charge in [0.25, 0.3) is 0 Å². The summed E-state index contributed by atoms with van der Waals surface area (Å²) in [6, 6.07) is 6.14. The van der Waals surface area contributed by atoms with Crippen LogP contribution in [0.3, 0.4) is 0 Å². The van der Waals surface area contributed by atoms with Gasteiger partial charge >= 0.3 is 0 Å². The van der Waals surface area contributed by atoms with Crippen LogP contribution in [0, 0.1) is 5.92 Å². The second-order valence-electron chi connectivity index (χ2n) is 10.1. The standard InChI is InChI=1S/C27H32FN5O2/c1-2-17-11-25(34)21(28)12-20(17)18-5-6-19-23(10-18)31-32-26(19)27-29-22-7-8-33(14-24(22)30-27)13-16-4-3-9-35-15-16/h5-6,10-11,16,20,34H,2-4,7-9,12-15H2,1H3,(H,29,30)(H,31,32). The Labute approximate surface area is 204 Å². The molecule has 0 amide bonds. The highest BCUT2D eigenvalue weighted by Gasteiger charge is 2.27. The largest absolute Gasteiger partial charge is 0.505 e. The van der Waals surface area contributed by atoms with Crippen LogP contribution < -0.4 is 0 Å². The van der Waals surface area contributed by atoms with E-state index in [0.29, 0.717) is 5.92 Å². The number of benzene rings is 1. The van der Waals surface area contributed by atoms with Crippen molar-refractivity contribution < 1.29 is 14.2 Å². The van der Waals surface area contributed by atoms with E-state index in [0.717, 1.165) is 91.4 Å². The third-order valence-electron chi connectivity index (χ3n) is 7.73. The van der Waals surface area contributed by atoms with Crippen molar-refractivity contribution in [3.8, 4) is 11.5 Å². The maximum Gasteiger partial charge on any atom is 0.159 e. The number of halogens is 1. The lowest BCUT2D eigenvalue weighted by molar-refractivity contribution is 0.0361. The fourth-order valence-corrected chi connectivity index (χ4v) is 5.82. The number of aliphatic hydroxyl groups excluding tert-OH is 1. The molecule has 2 unspecified atom stereocenters. The Balaban J connectivity index is 1.23. The van der Waals surface area contributed by atoms with Crippen molar-refractivity contribution in [2.24, 2.45) is 5.92 Å². The molecular weight excluding hydrogens is 445 g/mol. The molecule has 35 heavy (non-hydrogen) atoms. The fraction of sp³-hybridized carbons (Fsp3) is 0.481. The van der Waals surface area contributed by atoms with E-state index >= 15 is 0 Å². The number of fused-ring (bicyclic) bond motifs is 2. The molecule has 1 saturated heterocycles. The quantitative estimate of drug-likeness (QED) is 0.464. The van der Waals surface area contributed by atoms with E-state index in [9.17, 15) is 9.50 Å². The second kappa shape index (κ2) is 9.24. The van der Waals surface area contributed by atoms with E-state index in [2.05, 4.69) is 20.1 Å². The van der Waals surface area contributed by atoms with E-state index in [4.69, 9.17) is 9.72 Å². The first-order valence-electron chi connectivity index (χ1n) is 12.7. The Morgan fingerprint density at radius 2 is 2.23 bits per heavy atom. The van der Waals surface area contributed by atoms with E-state index in [1.54, 1.807) is 6.08 Å². The number of aliphatic hydroxyl groups is 1. The number of aromatic nitrogens is 4. The number of imidazole rings is 1. The van der Waals surface area contributed by atoms with Crippen LogP contribution in [0.5, 0.6) is 0 Å². The van der Waals surface area contributed by atoms with Crippen molar-refractivity contribution in [3.63, 3.8) is 0 Å². The molecule has 1 fully saturated rings. The zero-order valence-electron chi connectivity index (χ0n) is 20.1. The summed E-state index contributed by atoms with van der Waals surface area (Å²) in [6.07, 6.45) is 5.87. The van der Waals surface area contributed by atoms with Gasteiger partial charge in [-0.2, -0.15) is 5.10 Å². The minimum Gasteiger partial charge on any atom is -0.505 e. The van der Waals surface area contributed by atoms with Crippen LogP contribution in [0.15, 0.2) is 41.4 Å². The van der Waals surface area contributed by atoms with E-state index in [1.165, 1.54) is 12.1 Å². The summed E-state index contributed by atoms with van der Waals surface area (Å²) in [5, 5.41) is 18.5. The summed E-state index contributed by atoms with van der Waals surface area (Å²) in [5.74, 6) is 0.641. The Kier molecular flexibility index (Phi) is 5.94. The topological polar surface area (TPSA) is 90.1 Å². The minimum absolute atomic E-state index is 0.0801. The predicted molar refractivity (Wildman–Crippen MR) is 133 cm³/mol. The summed E-state index contributed by atoms with van der Waals surface area (Å²) in [5.41, 5.74) is 6.08. The van der Waals surface area contributed by atoms with Gasteiger partial charge in [0.05, 0.1) is 23.5 Å². The van der Waals surface area contributed by atoms with E-state index < -0.39 is 5.83 Å². The molecule has 0 radical (unpaired) electrons. The number of H-pyrrole nitrogens is 2. The maximum atomic E-state index is 14.2. The van der Waals surface area contributed by atoms with Crippen molar-refractivity contribution in [3.05, 3.63) is 58.4 Å². The van der Waals surface area contributed by atoms with Gasteiger partial charge in [-0.25, -0.2) is 9.37 Å². The normalized spacial score (nSPS) is 23.5. The lowest BCUT2D eigenvalue weighted by Crippen LogP contribution is -2.37. The smallest absolute Gasteiger partial charge is 0.159 e. The monoisotopic (exact) mass is 477 g/mol. The summed E-state index contributed by atoms with van der Waals surface area (Å²) in [6.45, 7) is 6.78. The Bertz CT molecular complexity index is 1300. The number of ether oxygens (including phenoxy) is 1. The van der Waals surface area contributed by atoms with Gasteiger partial charge in [-0.05, 0) is 42.9 Å². The Morgan fingerprint density at radius 3 is 3.06 bits per heavy atom. The van der Waals surface area contributed by atoms with Crippen molar-refractivity contribution in [1.82, 2.24) is 25.1 Å². The maximum absolute atomic E-state index is 14.2. The van der Waals surface area contributed by atoms with Crippen LogP contribution in [0.4, 0.5) is 4.39 Å². The third-order valence-corrected chi connectivity index (χ3v) is 7.73. The van der Waals surface area contributed by atoms with Gasteiger partial charge in [0.2, 0.25) is 0 Å². The number of nitrogens with one attached hydrogen (secondary N) is 2. The van der Waals surface area contributed by atoms with Crippen molar-refractivity contribution >= 4 is 10.9 Å². The lowest BCUT2D eigenvalue weighted by atomic mass is 9.83. The molecule has 0 spiro atoms. The molecule has 2 atom stereocenters. The predicted octanol–water partition coefficient (Wildman–Crippen LogP) is 5.30. The highest BCUT2D eigenvalue weighted by Crippen LogP contribution is 2.39. The molecule has 1 aromatic carbocycles. The molecule has 0 bridgehead atoms. The van der Waals surface area contributed by atoms with Gasteiger partial charge in [0.1, 0.15) is 17.3 Å². The summed E-state index contributed by atoms with van der Waals surface area (Å²) in [7, 11) is 0. The highest BCUT2D eigenvalue weighted by molar-refractivity contribution is 5.91. The molecule has 3 N–H and O–H groups in total. The number of nitrogens with zero attached hydrogens (tertiary/aromatic N) is 3. The molecule has 184 valence electrons. The molecule has 4 heterocycles. The number of allylic oxidation sites excluding steroid dienone is 3. The zero-order valence-corrected chi connectivity index (χ0v) is 20.1. The zero-order chi connectivity index (χ0) is 23.9. The first kappa shape index (κ1) is 22.5. The molecule has 7 nitrogen and oxygen atoms in total. The molecular formula is C27H32FN5O2. The van der Waals surface area contributed by atoms with Gasteiger partial charge < -0.3 is 14.8 Å². The number of aromatic amines is 2. The molecule has 1 aliphatic carbocycles. The minimum atomic E-state index is -0.455. The Morgan fingerprint density at radius 1 is 1.31 bits per heavy atom.